The van der Waals surface area contributed by atoms with E-state index in [1.165, 1.54) is 0 Å². The summed E-state index contributed by atoms with van der Waals surface area (Å²) < 4.78 is 18.3. The SMILES string of the molecule is CC(NC(=O)COC(=O)c1cc(F)c(Cl)cc1Cl)c1ccc(Cl)cc1. The molecule has 2 aromatic carbocycles. The molecule has 0 saturated carbocycles. The Bertz CT molecular complexity index is 796. The van der Waals surface area contributed by atoms with Crippen LogP contribution in [0.4, 0.5) is 4.39 Å². The fraction of sp³-hybridized carbons (Fsp3) is 0.176. The van der Waals surface area contributed by atoms with Crippen molar-refractivity contribution in [1.82, 2.24) is 5.32 Å². The predicted octanol–water partition coefficient (Wildman–Crippen LogP) is 4.82. The van der Waals surface area contributed by atoms with E-state index in [1.807, 2.05) is 0 Å². The van der Waals surface area contributed by atoms with Crippen LogP contribution in [-0.2, 0) is 9.53 Å². The Morgan fingerprint density at radius 2 is 1.76 bits per heavy atom. The lowest BCUT2D eigenvalue weighted by atomic mass is 10.1. The van der Waals surface area contributed by atoms with E-state index >= 15 is 0 Å². The Balaban J connectivity index is 1.92. The number of nitrogens with one attached hydrogen (secondary N) is 1. The topological polar surface area (TPSA) is 55.4 Å². The molecule has 0 aliphatic carbocycles. The van der Waals surface area contributed by atoms with E-state index in [9.17, 15) is 14.0 Å². The van der Waals surface area contributed by atoms with Crippen molar-refractivity contribution in [1.29, 1.82) is 0 Å². The number of carbonyl (C=O) groups is 2. The van der Waals surface area contributed by atoms with Gasteiger partial charge in [-0.15, -0.1) is 0 Å². The number of benzene rings is 2. The van der Waals surface area contributed by atoms with E-state index in [-0.39, 0.29) is 21.7 Å². The maximum atomic E-state index is 13.4. The van der Waals surface area contributed by atoms with Gasteiger partial charge < -0.3 is 10.1 Å². The Morgan fingerprint density at radius 1 is 1.12 bits per heavy atom. The molecular weight excluding hydrogens is 392 g/mol. The van der Waals surface area contributed by atoms with Crippen LogP contribution in [0.5, 0.6) is 0 Å². The fourth-order valence-corrected chi connectivity index (χ4v) is 2.59. The molecule has 0 aliphatic rings. The number of amides is 1. The number of rotatable bonds is 5. The molecule has 0 heterocycles. The monoisotopic (exact) mass is 403 g/mol. The van der Waals surface area contributed by atoms with Crippen molar-refractivity contribution in [2.75, 3.05) is 6.61 Å². The van der Waals surface area contributed by atoms with Gasteiger partial charge in [-0.05, 0) is 36.8 Å². The first kappa shape index (κ1) is 19.5. The van der Waals surface area contributed by atoms with Crippen LogP contribution in [0.25, 0.3) is 0 Å². The molecule has 0 fully saturated rings. The molecule has 0 bridgehead atoms. The van der Waals surface area contributed by atoms with Crippen molar-refractivity contribution in [3.8, 4) is 0 Å². The molecule has 8 heteroatoms. The van der Waals surface area contributed by atoms with Gasteiger partial charge >= 0.3 is 5.97 Å². The molecule has 1 amide bonds. The third-order valence-electron chi connectivity index (χ3n) is 3.31. The minimum atomic E-state index is -0.921. The number of halogens is 4. The summed E-state index contributed by atoms with van der Waals surface area (Å²) in [5, 5.41) is 2.98. The number of esters is 1. The van der Waals surface area contributed by atoms with Crippen LogP contribution in [0.3, 0.4) is 0 Å². The molecule has 132 valence electrons. The van der Waals surface area contributed by atoms with Gasteiger partial charge in [-0.1, -0.05) is 46.9 Å². The summed E-state index contributed by atoms with van der Waals surface area (Å²) in [6.45, 7) is 1.24. The van der Waals surface area contributed by atoms with Gasteiger partial charge in [-0.3, -0.25) is 4.79 Å². The van der Waals surface area contributed by atoms with Crippen molar-refractivity contribution in [3.05, 3.63) is 68.4 Å². The van der Waals surface area contributed by atoms with Crippen LogP contribution >= 0.6 is 34.8 Å². The summed E-state index contributed by atoms with van der Waals surface area (Å²) in [6, 6.07) is 8.61. The van der Waals surface area contributed by atoms with Crippen molar-refractivity contribution in [2.24, 2.45) is 0 Å². The molecule has 4 nitrogen and oxygen atoms in total. The predicted molar refractivity (Wildman–Crippen MR) is 94.7 cm³/mol. The summed E-state index contributed by atoms with van der Waals surface area (Å²) in [5.74, 6) is -2.24. The third kappa shape index (κ3) is 5.33. The Hall–Kier alpha value is -1.82. The summed E-state index contributed by atoms with van der Waals surface area (Å²) in [5.41, 5.74) is 0.633. The molecule has 2 rings (SSSR count). The minimum Gasteiger partial charge on any atom is -0.452 e. The summed E-state index contributed by atoms with van der Waals surface area (Å²) >= 11 is 17.2. The summed E-state index contributed by atoms with van der Waals surface area (Å²) in [6.07, 6.45) is 0. The van der Waals surface area contributed by atoms with E-state index in [4.69, 9.17) is 39.5 Å². The maximum Gasteiger partial charge on any atom is 0.340 e. The smallest absolute Gasteiger partial charge is 0.340 e. The minimum absolute atomic E-state index is 0.0636. The van der Waals surface area contributed by atoms with Crippen LogP contribution in [0, 0.1) is 5.82 Å². The zero-order valence-electron chi connectivity index (χ0n) is 13.0. The first-order chi connectivity index (χ1) is 11.8. The molecule has 0 aromatic heterocycles. The molecule has 0 aliphatic heterocycles. The van der Waals surface area contributed by atoms with E-state index in [1.54, 1.807) is 31.2 Å². The van der Waals surface area contributed by atoms with Gasteiger partial charge in [-0.25, -0.2) is 9.18 Å². The second-order valence-electron chi connectivity index (χ2n) is 5.16. The Morgan fingerprint density at radius 3 is 2.40 bits per heavy atom. The normalized spacial score (nSPS) is 11.7. The number of hydrogen-bond donors (Lipinski definition) is 1. The largest absolute Gasteiger partial charge is 0.452 e. The van der Waals surface area contributed by atoms with E-state index in [0.717, 1.165) is 17.7 Å². The number of hydrogen-bond acceptors (Lipinski definition) is 3. The first-order valence-electron chi connectivity index (χ1n) is 7.14. The molecule has 0 spiro atoms. The van der Waals surface area contributed by atoms with E-state index < -0.39 is 24.3 Å². The maximum absolute atomic E-state index is 13.4. The van der Waals surface area contributed by atoms with Gasteiger partial charge in [0.1, 0.15) is 5.82 Å². The molecule has 0 radical (unpaired) electrons. The van der Waals surface area contributed by atoms with Crippen molar-refractivity contribution in [2.45, 2.75) is 13.0 Å². The van der Waals surface area contributed by atoms with Crippen LogP contribution in [0.1, 0.15) is 28.9 Å². The van der Waals surface area contributed by atoms with Gasteiger partial charge in [0.05, 0.1) is 21.7 Å². The quantitative estimate of drug-likeness (QED) is 0.574. The molecular formula is C17H13Cl3FNO3. The van der Waals surface area contributed by atoms with E-state index in [0.29, 0.717) is 5.02 Å². The Kier molecular flexibility index (Phi) is 6.64. The molecule has 2 aromatic rings. The summed E-state index contributed by atoms with van der Waals surface area (Å²) in [7, 11) is 0. The number of ether oxygens (including phenoxy) is 1. The third-order valence-corrected chi connectivity index (χ3v) is 4.17. The lowest BCUT2D eigenvalue weighted by Gasteiger charge is -2.14. The highest BCUT2D eigenvalue weighted by Gasteiger charge is 2.17. The summed E-state index contributed by atoms with van der Waals surface area (Å²) in [4.78, 5) is 23.8. The van der Waals surface area contributed by atoms with Gasteiger partial charge in [0.2, 0.25) is 0 Å². The van der Waals surface area contributed by atoms with Gasteiger partial charge in [0.15, 0.2) is 6.61 Å². The lowest BCUT2D eigenvalue weighted by Crippen LogP contribution is -2.31. The molecule has 1 unspecified atom stereocenters. The van der Waals surface area contributed by atoms with Gasteiger partial charge in [-0.2, -0.15) is 0 Å². The standard InChI is InChI=1S/C17H13Cl3FNO3/c1-9(10-2-4-11(18)5-3-10)22-16(23)8-25-17(24)12-6-15(21)14(20)7-13(12)19/h2-7,9H,8H2,1H3,(H,22,23). The van der Waals surface area contributed by atoms with Crippen molar-refractivity contribution < 1.29 is 18.7 Å². The average Bonchev–Trinajstić information content (AvgIpc) is 2.56. The fourth-order valence-electron chi connectivity index (χ4n) is 2.01. The second kappa shape index (κ2) is 8.52. The first-order valence-corrected chi connectivity index (χ1v) is 8.28. The van der Waals surface area contributed by atoms with Crippen LogP contribution in [0.2, 0.25) is 15.1 Å². The highest BCUT2D eigenvalue weighted by Crippen LogP contribution is 2.25. The second-order valence-corrected chi connectivity index (χ2v) is 6.41. The Labute approximate surface area is 158 Å². The van der Waals surface area contributed by atoms with Gasteiger partial charge in [0, 0.05) is 5.02 Å². The van der Waals surface area contributed by atoms with E-state index in [2.05, 4.69) is 5.32 Å². The van der Waals surface area contributed by atoms with Gasteiger partial charge in [0.25, 0.3) is 5.91 Å². The zero-order chi connectivity index (χ0) is 18.6. The van der Waals surface area contributed by atoms with Crippen molar-refractivity contribution >= 4 is 46.7 Å². The lowest BCUT2D eigenvalue weighted by molar-refractivity contribution is -0.124. The van der Waals surface area contributed by atoms with Crippen molar-refractivity contribution in [3.63, 3.8) is 0 Å². The highest BCUT2D eigenvalue weighted by molar-refractivity contribution is 6.36. The number of carbonyl (C=O) groups excluding carboxylic acids is 2. The highest BCUT2D eigenvalue weighted by atomic mass is 35.5. The molecule has 1 N–H and O–H groups in total. The van der Waals surface area contributed by atoms with Crippen LogP contribution in [0.15, 0.2) is 36.4 Å². The molecule has 25 heavy (non-hydrogen) atoms. The van der Waals surface area contributed by atoms with Crippen LogP contribution in [-0.4, -0.2) is 18.5 Å². The molecule has 0 saturated heterocycles. The zero-order valence-corrected chi connectivity index (χ0v) is 15.3. The average molecular weight is 405 g/mol. The van der Waals surface area contributed by atoms with Crippen LogP contribution < -0.4 is 5.32 Å². The molecule has 1 atom stereocenters.